The topological polar surface area (TPSA) is 105 Å². The van der Waals surface area contributed by atoms with Gasteiger partial charge in [0.15, 0.2) is 5.76 Å². The normalized spacial score (nSPS) is 11.1. The molecule has 0 fully saturated rings. The minimum Gasteiger partial charge on any atom is -0.508 e. The van der Waals surface area contributed by atoms with Crippen LogP contribution in [0.25, 0.3) is 11.0 Å². The molecule has 0 atom stereocenters. The third-order valence-electron chi connectivity index (χ3n) is 2.86. The van der Waals surface area contributed by atoms with Crippen LogP contribution in [-0.2, 0) is 0 Å². The SMILES string of the molecule is O=C(N/N=C/c1cc2ccc(O)cc2oc1=O)c1ccco1. The van der Waals surface area contributed by atoms with Crippen LogP contribution in [0.3, 0.4) is 0 Å². The van der Waals surface area contributed by atoms with E-state index in [0.29, 0.717) is 5.39 Å². The first kappa shape index (κ1) is 13.6. The van der Waals surface area contributed by atoms with Gasteiger partial charge in [-0.15, -0.1) is 0 Å². The molecule has 2 heterocycles. The first-order valence-corrected chi connectivity index (χ1v) is 6.27. The molecular weight excluding hydrogens is 288 g/mol. The number of furan rings is 1. The van der Waals surface area contributed by atoms with Crippen molar-refractivity contribution in [3.8, 4) is 5.75 Å². The van der Waals surface area contributed by atoms with Gasteiger partial charge in [0.2, 0.25) is 0 Å². The van der Waals surface area contributed by atoms with E-state index in [2.05, 4.69) is 10.5 Å². The molecule has 0 radical (unpaired) electrons. The zero-order chi connectivity index (χ0) is 15.5. The number of fused-ring (bicyclic) bond motifs is 1. The Balaban J connectivity index is 1.83. The van der Waals surface area contributed by atoms with Gasteiger partial charge < -0.3 is 13.9 Å². The number of amides is 1. The molecular formula is C15H10N2O5. The van der Waals surface area contributed by atoms with Gasteiger partial charge in [0.05, 0.1) is 18.0 Å². The van der Waals surface area contributed by atoms with Crippen LogP contribution in [0.4, 0.5) is 0 Å². The fourth-order valence-corrected chi connectivity index (χ4v) is 1.83. The third-order valence-corrected chi connectivity index (χ3v) is 2.86. The molecule has 0 saturated carbocycles. The van der Waals surface area contributed by atoms with Crippen molar-refractivity contribution in [2.24, 2.45) is 5.10 Å². The molecule has 3 rings (SSSR count). The highest BCUT2D eigenvalue weighted by atomic mass is 16.4. The lowest BCUT2D eigenvalue weighted by atomic mass is 10.2. The molecule has 0 unspecified atom stereocenters. The number of hydrazone groups is 1. The number of phenols is 1. The van der Waals surface area contributed by atoms with Crippen LogP contribution in [0.15, 0.2) is 61.4 Å². The summed E-state index contributed by atoms with van der Waals surface area (Å²) >= 11 is 0. The number of rotatable bonds is 3. The Morgan fingerprint density at radius 1 is 1.27 bits per heavy atom. The number of carbonyl (C=O) groups excluding carboxylic acids is 1. The van der Waals surface area contributed by atoms with Crippen LogP contribution in [0.1, 0.15) is 16.1 Å². The van der Waals surface area contributed by atoms with Gasteiger partial charge in [-0.3, -0.25) is 4.79 Å². The van der Waals surface area contributed by atoms with Gasteiger partial charge in [-0.2, -0.15) is 5.10 Å². The van der Waals surface area contributed by atoms with Gasteiger partial charge in [-0.1, -0.05) is 0 Å². The number of phenolic OH excluding ortho intramolecular Hbond substituents is 1. The van der Waals surface area contributed by atoms with E-state index in [1.165, 1.54) is 30.7 Å². The lowest BCUT2D eigenvalue weighted by molar-refractivity contribution is 0.0927. The summed E-state index contributed by atoms with van der Waals surface area (Å²) in [4.78, 5) is 23.4. The van der Waals surface area contributed by atoms with Gasteiger partial charge in [0.25, 0.3) is 0 Å². The third kappa shape index (κ3) is 2.73. The predicted octanol–water partition coefficient (Wildman–Crippen LogP) is 1.86. The van der Waals surface area contributed by atoms with Gasteiger partial charge in [0.1, 0.15) is 11.3 Å². The van der Waals surface area contributed by atoms with Crippen LogP contribution < -0.4 is 11.1 Å². The Morgan fingerprint density at radius 2 is 2.14 bits per heavy atom. The molecule has 2 aromatic heterocycles. The molecule has 0 aliphatic carbocycles. The van der Waals surface area contributed by atoms with Crippen molar-refractivity contribution in [2.45, 2.75) is 0 Å². The number of aromatic hydroxyl groups is 1. The molecule has 7 nitrogen and oxygen atoms in total. The number of benzene rings is 1. The summed E-state index contributed by atoms with van der Waals surface area (Å²) in [5.74, 6) is -0.419. The van der Waals surface area contributed by atoms with Crippen molar-refractivity contribution in [3.05, 3.63) is 64.4 Å². The van der Waals surface area contributed by atoms with Crippen molar-refractivity contribution in [3.63, 3.8) is 0 Å². The van der Waals surface area contributed by atoms with Crippen molar-refractivity contribution in [2.75, 3.05) is 0 Å². The lowest BCUT2D eigenvalue weighted by Gasteiger charge is -1.99. The Morgan fingerprint density at radius 3 is 2.91 bits per heavy atom. The van der Waals surface area contributed by atoms with E-state index >= 15 is 0 Å². The van der Waals surface area contributed by atoms with Gasteiger partial charge >= 0.3 is 11.5 Å². The number of nitrogens with one attached hydrogen (secondary N) is 1. The summed E-state index contributed by atoms with van der Waals surface area (Å²) in [6.45, 7) is 0. The monoisotopic (exact) mass is 298 g/mol. The quantitative estimate of drug-likeness (QED) is 0.436. The van der Waals surface area contributed by atoms with Crippen molar-refractivity contribution in [1.29, 1.82) is 0 Å². The summed E-state index contributed by atoms with van der Waals surface area (Å²) in [6, 6.07) is 9.03. The molecule has 1 amide bonds. The maximum absolute atomic E-state index is 11.8. The summed E-state index contributed by atoms with van der Waals surface area (Å²) in [5, 5.41) is 13.6. The second-order valence-electron chi connectivity index (χ2n) is 4.39. The molecule has 0 aliphatic heterocycles. The molecule has 0 aliphatic rings. The van der Waals surface area contributed by atoms with Crippen LogP contribution in [0, 0.1) is 0 Å². The highest BCUT2D eigenvalue weighted by molar-refractivity contribution is 5.92. The number of hydrogen-bond donors (Lipinski definition) is 2. The molecule has 7 heteroatoms. The average Bonchev–Trinajstić information content (AvgIpc) is 3.02. The molecule has 0 bridgehead atoms. The summed E-state index contributed by atoms with van der Waals surface area (Å²) < 4.78 is 9.97. The Hall–Kier alpha value is -3.35. The fourth-order valence-electron chi connectivity index (χ4n) is 1.83. The largest absolute Gasteiger partial charge is 0.508 e. The smallest absolute Gasteiger partial charge is 0.345 e. The number of nitrogens with zero attached hydrogens (tertiary/aromatic N) is 1. The summed E-state index contributed by atoms with van der Waals surface area (Å²) in [5.41, 5.74) is 2.03. The van der Waals surface area contributed by atoms with Crippen LogP contribution in [0.2, 0.25) is 0 Å². The number of carbonyl (C=O) groups is 1. The molecule has 2 N–H and O–H groups in total. The molecule has 0 saturated heterocycles. The highest BCUT2D eigenvalue weighted by Gasteiger charge is 2.07. The zero-order valence-electron chi connectivity index (χ0n) is 11.1. The minimum absolute atomic E-state index is 0.00257. The van der Waals surface area contributed by atoms with E-state index in [1.54, 1.807) is 18.2 Å². The van der Waals surface area contributed by atoms with E-state index in [9.17, 15) is 14.7 Å². The second-order valence-corrected chi connectivity index (χ2v) is 4.39. The van der Waals surface area contributed by atoms with Crippen LogP contribution >= 0.6 is 0 Å². The van der Waals surface area contributed by atoms with E-state index in [0.717, 1.165) is 0 Å². The first-order valence-electron chi connectivity index (χ1n) is 6.27. The summed E-state index contributed by atoms with van der Waals surface area (Å²) in [6.07, 6.45) is 2.55. The zero-order valence-corrected chi connectivity index (χ0v) is 11.1. The Bertz CT molecular complexity index is 909. The maximum atomic E-state index is 11.8. The Kier molecular flexibility index (Phi) is 3.45. The van der Waals surface area contributed by atoms with E-state index in [-0.39, 0.29) is 22.7 Å². The van der Waals surface area contributed by atoms with Crippen LogP contribution in [-0.4, -0.2) is 17.2 Å². The first-order chi connectivity index (χ1) is 10.6. The summed E-state index contributed by atoms with van der Waals surface area (Å²) in [7, 11) is 0. The van der Waals surface area contributed by atoms with Gasteiger partial charge in [-0.25, -0.2) is 10.2 Å². The fraction of sp³-hybridized carbons (Fsp3) is 0. The van der Waals surface area contributed by atoms with Gasteiger partial charge in [-0.05, 0) is 30.3 Å². The molecule has 3 aromatic rings. The van der Waals surface area contributed by atoms with Crippen LogP contribution in [0.5, 0.6) is 5.75 Å². The van der Waals surface area contributed by atoms with E-state index in [1.807, 2.05) is 0 Å². The second kappa shape index (κ2) is 5.57. The maximum Gasteiger partial charge on any atom is 0.345 e. The average molecular weight is 298 g/mol. The van der Waals surface area contributed by atoms with Gasteiger partial charge in [0, 0.05) is 11.5 Å². The van der Waals surface area contributed by atoms with E-state index in [4.69, 9.17) is 8.83 Å². The van der Waals surface area contributed by atoms with Crippen molar-refractivity contribution < 1.29 is 18.7 Å². The lowest BCUT2D eigenvalue weighted by Crippen LogP contribution is -2.17. The van der Waals surface area contributed by atoms with Crippen molar-refractivity contribution >= 4 is 23.1 Å². The molecule has 0 spiro atoms. The molecule has 1 aromatic carbocycles. The highest BCUT2D eigenvalue weighted by Crippen LogP contribution is 2.18. The number of hydrogen-bond acceptors (Lipinski definition) is 6. The standard InChI is InChI=1S/C15H10N2O5/c18-11-4-3-9-6-10(15(20)22-13(9)7-11)8-16-17-14(19)12-2-1-5-21-12/h1-8,18H,(H,17,19)/b16-8+. The predicted molar refractivity (Wildman–Crippen MR) is 77.9 cm³/mol. The minimum atomic E-state index is -0.630. The van der Waals surface area contributed by atoms with Crippen molar-refractivity contribution in [1.82, 2.24) is 5.43 Å². The van der Waals surface area contributed by atoms with E-state index < -0.39 is 11.5 Å². The molecule has 22 heavy (non-hydrogen) atoms. The Labute approximate surface area is 123 Å². The molecule has 110 valence electrons.